The van der Waals surface area contributed by atoms with E-state index in [4.69, 9.17) is 29.9 Å². The highest BCUT2D eigenvalue weighted by Crippen LogP contribution is 2.41. The Kier molecular flexibility index (Phi) is 10.7. The largest absolute Gasteiger partial charge is 0.208 e. The second-order valence-electron chi connectivity index (χ2n) is 17.7. The zero-order valence-electron chi connectivity index (χ0n) is 38.3. The standard InChI is InChI=1S/C61H48N6/c1-37-16-6-10-20-45(37)57-62-56(63-58(64-57)46-21-11-7-17-38(46)2)43-30-28-42(29-31-43)50-24-14-26-52-53-27-15-25-51(55(53)35-34-54(50)52)44-32-33-49(41(5)36-44)61-66-59(47-22-12-8-18-39(47)3)65-60(67-61)48-23-13-9-19-40(48)4/h6-35,41H,36H2,1-5H3. The molecule has 0 radical (unpaired) electrons. The lowest BCUT2D eigenvalue weighted by atomic mass is 9.83. The van der Waals surface area contributed by atoms with E-state index in [0.29, 0.717) is 29.1 Å². The van der Waals surface area contributed by atoms with Crippen LogP contribution in [0.5, 0.6) is 0 Å². The third-order valence-electron chi connectivity index (χ3n) is 13.3. The molecule has 10 aromatic rings. The number of allylic oxidation sites excluding steroid dienone is 4. The molecular weight excluding hydrogens is 817 g/mol. The van der Waals surface area contributed by atoms with Gasteiger partial charge in [0.05, 0.1) is 0 Å². The van der Waals surface area contributed by atoms with Crippen LogP contribution in [0.2, 0.25) is 0 Å². The van der Waals surface area contributed by atoms with Crippen LogP contribution in [0.4, 0.5) is 0 Å². The molecule has 0 aliphatic heterocycles. The first-order chi connectivity index (χ1) is 32.8. The fourth-order valence-electron chi connectivity index (χ4n) is 9.60. The first kappa shape index (κ1) is 41.5. The zero-order chi connectivity index (χ0) is 45.6. The van der Waals surface area contributed by atoms with Gasteiger partial charge in [-0.1, -0.05) is 189 Å². The first-order valence-electron chi connectivity index (χ1n) is 23.0. The van der Waals surface area contributed by atoms with E-state index < -0.39 is 0 Å². The predicted molar refractivity (Wildman–Crippen MR) is 276 cm³/mol. The molecule has 0 spiro atoms. The molecule has 11 rings (SSSR count). The molecule has 0 bridgehead atoms. The molecule has 0 saturated carbocycles. The van der Waals surface area contributed by atoms with Crippen molar-refractivity contribution in [1.29, 1.82) is 0 Å². The second kappa shape index (κ2) is 17.3. The third kappa shape index (κ3) is 7.80. The van der Waals surface area contributed by atoms with Gasteiger partial charge in [0.25, 0.3) is 0 Å². The van der Waals surface area contributed by atoms with Crippen molar-refractivity contribution in [2.75, 3.05) is 0 Å². The van der Waals surface area contributed by atoms with Crippen LogP contribution in [0.1, 0.15) is 47.0 Å². The Labute approximate surface area is 391 Å². The summed E-state index contributed by atoms with van der Waals surface area (Å²) in [6, 6.07) is 59.7. The Morgan fingerprint density at radius 3 is 1.13 bits per heavy atom. The van der Waals surface area contributed by atoms with Gasteiger partial charge in [-0.05, 0) is 106 Å². The summed E-state index contributed by atoms with van der Waals surface area (Å²) in [6.07, 6.45) is 5.37. The fraction of sp³-hybridized carbons (Fsp3) is 0.115. The van der Waals surface area contributed by atoms with Gasteiger partial charge in [0.15, 0.2) is 34.9 Å². The minimum Gasteiger partial charge on any atom is -0.208 e. The van der Waals surface area contributed by atoms with Crippen LogP contribution in [-0.4, -0.2) is 29.9 Å². The predicted octanol–water partition coefficient (Wildman–Crippen LogP) is 15.1. The summed E-state index contributed by atoms with van der Waals surface area (Å²) in [5.74, 6) is 4.29. The number of aromatic nitrogens is 6. The molecule has 8 aromatic carbocycles. The maximum atomic E-state index is 5.14. The maximum Gasteiger partial charge on any atom is 0.164 e. The van der Waals surface area contributed by atoms with Crippen LogP contribution < -0.4 is 0 Å². The molecule has 1 aliphatic rings. The molecule has 0 fully saturated rings. The smallest absolute Gasteiger partial charge is 0.164 e. The van der Waals surface area contributed by atoms with Gasteiger partial charge < -0.3 is 0 Å². The number of hydrogen-bond acceptors (Lipinski definition) is 6. The van der Waals surface area contributed by atoms with Crippen LogP contribution in [0.25, 0.3) is 101 Å². The summed E-state index contributed by atoms with van der Waals surface area (Å²) in [4.78, 5) is 30.4. The van der Waals surface area contributed by atoms with Gasteiger partial charge in [0.1, 0.15) is 0 Å². The van der Waals surface area contributed by atoms with E-state index in [1.165, 1.54) is 38.2 Å². The third-order valence-corrected chi connectivity index (χ3v) is 13.3. The Morgan fingerprint density at radius 1 is 0.313 bits per heavy atom. The molecule has 6 nitrogen and oxygen atoms in total. The summed E-state index contributed by atoms with van der Waals surface area (Å²) < 4.78 is 0. The first-order valence-corrected chi connectivity index (χ1v) is 23.0. The van der Waals surface area contributed by atoms with Gasteiger partial charge in [0, 0.05) is 33.4 Å². The van der Waals surface area contributed by atoms with Crippen molar-refractivity contribution in [1.82, 2.24) is 29.9 Å². The SMILES string of the molecule is Cc1ccccc1-c1nc(C2=CC=C(c3cccc4c3ccc3c(-c5ccc(-c6nc(-c7ccccc7C)nc(-c7ccccc7C)n6)cc5)cccc34)CC2C)nc(-c2ccccc2C)n1. The van der Waals surface area contributed by atoms with Crippen molar-refractivity contribution in [3.05, 3.63) is 216 Å². The Morgan fingerprint density at radius 2 is 0.687 bits per heavy atom. The number of hydrogen-bond donors (Lipinski definition) is 0. The highest BCUT2D eigenvalue weighted by molar-refractivity contribution is 6.14. The molecule has 2 heterocycles. The van der Waals surface area contributed by atoms with Crippen LogP contribution in [-0.2, 0) is 0 Å². The normalized spacial score (nSPS) is 13.7. The molecule has 6 heteroatoms. The molecular formula is C61H48N6. The second-order valence-corrected chi connectivity index (χ2v) is 17.7. The maximum absolute atomic E-state index is 5.14. The van der Waals surface area contributed by atoms with Crippen molar-refractivity contribution in [2.45, 2.75) is 41.0 Å². The van der Waals surface area contributed by atoms with Crippen molar-refractivity contribution in [2.24, 2.45) is 5.92 Å². The van der Waals surface area contributed by atoms with Gasteiger partial charge in [-0.15, -0.1) is 0 Å². The molecule has 2 aromatic heterocycles. The molecule has 0 N–H and O–H groups in total. The molecule has 67 heavy (non-hydrogen) atoms. The van der Waals surface area contributed by atoms with Crippen LogP contribution in [0, 0.1) is 33.6 Å². The van der Waals surface area contributed by atoms with E-state index in [9.17, 15) is 0 Å². The summed E-state index contributed by atoms with van der Waals surface area (Å²) in [5.41, 5.74) is 15.5. The lowest BCUT2D eigenvalue weighted by Gasteiger charge is -2.23. The van der Waals surface area contributed by atoms with Crippen LogP contribution in [0.15, 0.2) is 182 Å². The minimum absolute atomic E-state index is 0.183. The van der Waals surface area contributed by atoms with Crippen molar-refractivity contribution < 1.29 is 0 Å². The molecule has 1 atom stereocenters. The summed E-state index contributed by atoms with van der Waals surface area (Å²) in [7, 11) is 0. The van der Waals surface area contributed by atoms with Gasteiger partial charge >= 0.3 is 0 Å². The van der Waals surface area contributed by atoms with Crippen molar-refractivity contribution >= 4 is 32.7 Å². The summed E-state index contributed by atoms with van der Waals surface area (Å²) in [5, 5.41) is 4.91. The highest BCUT2D eigenvalue weighted by atomic mass is 15.0. The number of fused-ring (bicyclic) bond motifs is 3. The van der Waals surface area contributed by atoms with E-state index in [1.54, 1.807) is 0 Å². The number of rotatable bonds is 8. The average molecular weight is 865 g/mol. The summed E-state index contributed by atoms with van der Waals surface area (Å²) >= 11 is 0. The van der Waals surface area contributed by atoms with Gasteiger partial charge in [-0.3, -0.25) is 0 Å². The molecule has 322 valence electrons. The van der Waals surface area contributed by atoms with E-state index in [-0.39, 0.29) is 5.92 Å². The lowest BCUT2D eigenvalue weighted by molar-refractivity contribution is 0.759. The van der Waals surface area contributed by atoms with Crippen molar-refractivity contribution in [3.63, 3.8) is 0 Å². The lowest BCUT2D eigenvalue weighted by Crippen LogP contribution is -2.10. The molecule has 0 saturated heterocycles. The topological polar surface area (TPSA) is 77.3 Å². The van der Waals surface area contributed by atoms with E-state index in [2.05, 4.69) is 180 Å². The monoisotopic (exact) mass is 864 g/mol. The highest BCUT2D eigenvalue weighted by Gasteiger charge is 2.24. The van der Waals surface area contributed by atoms with E-state index in [1.807, 2.05) is 36.4 Å². The number of benzene rings is 8. The van der Waals surface area contributed by atoms with Gasteiger partial charge in [0.2, 0.25) is 0 Å². The number of nitrogens with zero attached hydrogens (tertiary/aromatic N) is 6. The van der Waals surface area contributed by atoms with Gasteiger partial charge in [-0.25, -0.2) is 29.9 Å². The molecule has 0 amide bonds. The van der Waals surface area contributed by atoms with Crippen LogP contribution in [0.3, 0.4) is 0 Å². The minimum atomic E-state index is 0.183. The Balaban J connectivity index is 0.944. The zero-order valence-corrected chi connectivity index (χ0v) is 38.3. The molecule has 1 unspecified atom stereocenters. The van der Waals surface area contributed by atoms with Gasteiger partial charge in [-0.2, -0.15) is 0 Å². The average Bonchev–Trinajstić information content (AvgIpc) is 3.36. The number of aryl methyl sites for hydroxylation is 4. The van der Waals surface area contributed by atoms with E-state index >= 15 is 0 Å². The fourth-order valence-corrected chi connectivity index (χ4v) is 9.60. The van der Waals surface area contributed by atoms with Crippen molar-refractivity contribution in [3.8, 4) is 68.1 Å². The van der Waals surface area contributed by atoms with E-state index in [0.717, 1.165) is 73.5 Å². The Bertz CT molecular complexity index is 3490. The molecule has 1 aliphatic carbocycles. The quantitative estimate of drug-likeness (QED) is 0.142. The van der Waals surface area contributed by atoms with Crippen LogP contribution >= 0.6 is 0 Å². The Hall–Kier alpha value is -8.22. The summed E-state index contributed by atoms with van der Waals surface area (Å²) in [6.45, 7) is 10.7.